The molecule has 106 valence electrons. The Kier molecular flexibility index (Phi) is 5.64. The van der Waals surface area contributed by atoms with Gasteiger partial charge >= 0.3 is 0 Å². The number of benzene rings is 1. The minimum Gasteiger partial charge on any atom is -0.411 e. The lowest BCUT2D eigenvalue weighted by atomic mass is 10.1. The lowest BCUT2D eigenvalue weighted by Gasteiger charge is -2.17. The molecule has 0 heterocycles. The maximum atomic E-state index is 12.0. The van der Waals surface area contributed by atoms with E-state index in [1.807, 2.05) is 0 Å². The average Bonchev–Trinajstić information content (AvgIpc) is 2.36. The van der Waals surface area contributed by atoms with Gasteiger partial charge in [-0.15, -0.1) is 0 Å². The van der Waals surface area contributed by atoms with Crippen LogP contribution in [0.1, 0.15) is 25.8 Å². The monoisotopic (exact) mass is 323 g/mol. The van der Waals surface area contributed by atoms with Crippen molar-refractivity contribution < 1.29 is 13.6 Å². The summed E-state index contributed by atoms with van der Waals surface area (Å²) in [5.41, 5.74) is 0.420. The van der Waals surface area contributed by atoms with Crippen molar-refractivity contribution in [3.8, 4) is 0 Å². The fraction of sp³-hybridized carbons (Fsp3) is 0.417. The minimum absolute atomic E-state index is 0.0320. The molecule has 1 N–H and O–H groups in total. The molecule has 1 rings (SSSR count). The molecule has 7 heteroatoms. The molecule has 1 aromatic carbocycles. The van der Waals surface area contributed by atoms with Crippen LogP contribution in [0.15, 0.2) is 23.4 Å². The molecular formula is C12H15Cl2NO3S. The topological polar surface area (TPSA) is 66.7 Å². The van der Waals surface area contributed by atoms with Gasteiger partial charge in [0.1, 0.15) is 11.0 Å². The zero-order chi connectivity index (χ0) is 14.6. The quantitative estimate of drug-likeness (QED) is 0.513. The summed E-state index contributed by atoms with van der Waals surface area (Å²) < 4.78 is 24.0. The molecule has 0 saturated carbocycles. The number of sulfone groups is 1. The fourth-order valence-corrected chi connectivity index (χ4v) is 3.74. The van der Waals surface area contributed by atoms with E-state index in [4.69, 9.17) is 28.4 Å². The Hall–Kier alpha value is -0.780. The third kappa shape index (κ3) is 3.61. The first kappa shape index (κ1) is 16.3. The smallest absolute Gasteiger partial charge is 0.158 e. The van der Waals surface area contributed by atoms with E-state index in [2.05, 4.69) is 5.16 Å². The van der Waals surface area contributed by atoms with Crippen LogP contribution < -0.4 is 0 Å². The van der Waals surface area contributed by atoms with Gasteiger partial charge in [-0.25, -0.2) is 8.42 Å². The van der Waals surface area contributed by atoms with Crippen LogP contribution >= 0.6 is 23.2 Å². The molecule has 0 amide bonds. The summed E-state index contributed by atoms with van der Waals surface area (Å²) in [6, 6.07) is 4.60. The molecule has 0 aliphatic heterocycles. The zero-order valence-corrected chi connectivity index (χ0v) is 12.9. The highest BCUT2D eigenvalue weighted by Crippen LogP contribution is 2.25. The van der Waals surface area contributed by atoms with Crippen LogP contribution in [0.2, 0.25) is 10.0 Å². The van der Waals surface area contributed by atoms with Gasteiger partial charge in [-0.3, -0.25) is 0 Å². The number of hydrogen-bond donors (Lipinski definition) is 1. The highest BCUT2D eigenvalue weighted by Gasteiger charge is 2.30. The molecule has 1 atom stereocenters. The maximum Gasteiger partial charge on any atom is 0.158 e. The summed E-state index contributed by atoms with van der Waals surface area (Å²) in [6.45, 7) is 3.27. The van der Waals surface area contributed by atoms with Crippen molar-refractivity contribution in [2.75, 3.05) is 5.75 Å². The normalized spacial score (nSPS) is 14.4. The molecule has 1 aromatic rings. The zero-order valence-electron chi connectivity index (χ0n) is 10.6. The van der Waals surface area contributed by atoms with Gasteiger partial charge in [0.25, 0.3) is 0 Å². The Morgan fingerprint density at radius 3 is 2.42 bits per heavy atom. The van der Waals surface area contributed by atoms with E-state index in [9.17, 15) is 8.42 Å². The molecule has 0 radical (unpaired) electrons. The van der Waals surface area contributed by atoms with Crippen LogP contribution in [0.3, 0.4) is 0 Å². The van der Waals surface area contributed by atoms with E-state index >= 15 is 0 Å². The number of halogens is 2. The van der Waals surface area contributed by atoms with E-state index < -0.39 is 15.1 Å². The number of oxime groups is 1. The molecule has 0 fully saturated rings. The Balaban J connectivity index is 3.35. The second kappa shape index (κ2) is 6.59. The summed E-state index contributed by atoms with van der Waals surface area (Å²) >= 11 is 11.8. The first-order chi connectivity index (χ1) is 8.87. The molecule has 1 unspecified atom stereocenters. The van der Waals surface area contributed by atoms with E-state index in [0.717, 1.165) is 0 Å². The van der Waals surface area contributed by atoms with Crippen molar-refractivity contribution in [1.29, 1.82) is 0 Å². The van der Waals surface area contributed by atoms with E-state index in [1.165, 1.54) is 6.07 Å². The first-order valence-corrected chi connectivity index (χ1v) is 8.23. The summed E-state index contributed by atoms with van der Waals surface area (Å²) in [7, 11) is -3.38. The Morgan fingerprint density at radius 1 is 1.37 bits per heavy atom. The van der Waals surface area contributed by atoms with Gasteiger partial charge in [-0.05, 0) is 24.6 Å². The lowest BCUT2D eigenvalue weighted by molar-refractivity contribution is 0.318. The summed E-state index contributed by atoms with van der Waals surface area (Å²) in [5.74, 6) is -0.0320. The molecular weight excluding hydrogens is 309 g/mol. The molecule has 0 aliphatic carbocycles. The van der Waals surface area contributed by atoms with Crippen LogP contribution in [-0.2, 0) is 9.84 Å². The number of nitrogens with zero attached hydrogens (tertiary/aromatic N) is 1. The molecule has 0 bridgehead atoms. The predicted octanol–water partition coefficient (Wildman–Crippen LogP) is 3.39. The highest BCUT2D eigenvalue weighted by molar-refractivity contribution is 7.92. The van der Waals surface area contributed by atoms with Crippen LogP contribution in [-0.4, -0.2) is 30.3 Å². The molecule has 0 saturated heterocycles. The summed E-state index contributed by atoms with van der Waals surface area (Å²) in [4.78, 5) is 0. The third-order valence-electron chi connectivity index (χ3n) is 2.83. The van der Waals surface area contributed by atoms with Crippen molar-refractivity contribution in [1.82, 2.24) is 0 Å². The Bertz CT molecular complexity index is 585. The molecule has 4 nitrogen and oxygen atoms in total. The highest BCUT2D eigenvalue weighted by atomic mass is 35.5. The van der Waals surface area contributed by atoms with Gasteiger partial charge in [-0.2, -0.15) is 0 Å². The van der Waals surface area contributed by atoms with Crippen molar-refractivity contribution in [2.24, 2.45) is 5.16 Å². The largest absolute Gasteiger partial charge is 0.411 e. The van der Waals surface area contributed by atoms with Crippen LogP contribution in [0.25, 0.3) is 0 Å². The van der Waals surface area contributed by atoms with E-state index in [-0.39, 0.29) is 16.5 Å². The van der Waals surface area contributed by atoms with Crippen LogP contribution in [0, 0.1) is 0 Å². The third-order valence-corrected chi connectivity index (χ3v) is 5.60. The average molecular weight is 324 g/mol. The van der Waals surface area contributed by atoms with Crippen molar-refractivity contribution in [3.05, 3.63) is 33.8 Å². The SMILES string of the molecule is CCC(C(=NO)c1ccc(Cl)cc1Cl)S(=O)(=O)CC. The predicted molar refractivity (Wildman–Crippen MR) is 78.3 cm³/mol. The molecule has 0 aromatic heterocycles. The van der Waals surface area contributed by atoms with Gasteiger partial charge < -0.3 is 5.21 Å². The van der Waals surface area contributed by atoms with Crippen LogP contribution in [0.5, 0.6) is 0 Å². The van der Waals surface area contributed by atoms with Gasteiger partial charge in [0, 0.05) is 16.3 Å². The second-order valence-electron chi connectivity index (χ2n) is 3.96. The molecule has 19 heavy (non-hydrogen) atoms. The summed E-state index contributed by atoms with van der Waals surface area (Å²) in [6.07, 6.45) is 0.300. The second-order valence-corrected chi connectivity index (χ2v) is 7.27. The minimum atomic E-state index is -3.38. The van der Waals surface area contributed by atoms with Crippen molar-refractivity contribution in [3.63, 3.8) is 0 Å². The van der Waals surface area contributed by atoms with Crippen molar-refractivity contribution in [2.45, 2.75) is 25.5 Å². The standard InChI is InChI=1S/C12H15Cl2NO3S/c1-3-11(19(17,18)4-2)12(15-16)9-6-5-8(13)7-10(9)14/h5-7,11,16H,3-4H2,1-2H3. The maximum absolute atomic E-state index is 12.0. The van der Waals surface area contributed by atoms with Crippen LogP contribution in [0.4, 0.5) is 0 Å². The Morgan fingerprint density at radius 2 is 2.00 bits per heavy atom. The molecule has 0 spiro atoms. The molecule has 0 aliphatic rings. The van der Waals surface area contributed by atoms with Gasteiger partial charge in [0.15, 0.2) is 9.84 Å². The summed E-state index contributed by atoms with van der Waals surface area (Å²) in [5, 5.41) is 12.1. The number of hydrogen-bond acceptors (Lipinski definition) is 4. The van der Waals surface area contributed by atoms with E-state index in [0.29, 0.717) is 17.0 Å². The Labute approximate surface area is 122 Å². The first-order valence-electron chi connectivity index (χ1n) is 5.76. The van der Waals surface area contributed by atoms with Gasteiger partial charge in [0.05, 0.1) is 5.02 Å². The van der Waals surface area contributed by atoms with E-state index in [1.54, 1.807) is 26.0 Å². The van der Waals surface area contributed by atoms with Gasteiger partial charge in [0.2, 0.25) is 0 Å². The van der Waals surface area contributed by atoms with Gasteiger partial charge in [-0.1, -0.05) is 42.2 Å². The van der Waals surface area contributed by atoms with Crippen molar-refractivity contribution >= 4 is 38.8 Å². The lowest BCUT2D eigenvalue weighted by Crippen LogP contribution is -2.32. The number of rotatable bonds is 5. The fourth-order valence-electron chi connectivity index (χ4n) is 1.81.